The number of alkyl halides is 5. The van der Waals surface area contributed by atoms with Gasteiger partial charge in [0, 0.05) is 17.6 Å². The maximum Gasteiger partial charge on any atom is 0.422 e. The highest BCUT2D eigenvalue weighted by molar-refractivity contribution is 8.00. The van der Waals surface area contributed by atoms with Crippen molar-refractivity contribution in [3.05, 3.63) is 18.0 Å². The minimum atomic E-state index is -4.66. The number of carbonyl (C=O) groups excluding carboxylic acids is 2. The number of hydrogen-bond donors (Lipinski definition) is 2. The van der Waals surface area contributed by atoms with Crippen LogP contribution >= 0.6 is 11.8 Å². The van der Waals surface area contributed by atoms with Crippen molar-refractivity contribution in [2.75, 3.05) is 36.1 Å². The summed E-state index contributed by atoms with van der Waals surface area (Å²) in [5.74, 6) is -3.80. The van der Waals surface area contributed by atoms with E-state index in [1.807, 2.05) is 0 Å². The first-order valence-electron chi connectivity index (χ1n) is 8.39. The molecule has 2 aliphatic heterocycles. The predicted octanol–water partition coefficient (Wildman–Crippen LogP) is 1.57. The number of thioether (sulfide) groups is 1. The van der Waals surface area contributed by atoms with E-state index in [2.05, 4.69) is 10.3 Å². The zero-order valence-electron chi connectivity index (χ0n) is 14.9. The Morgan fingerprint density at radius 2 is 1.97 bits per heavy atom. The molecule has 0 atom stereocenters. The molecule has 2 fully saturated rings. The van der Waals surface area contributed by atoms with E-state index in [1.54, 1.807) is 0 Å². The molecule has 13 heteroatoms. The van der Waals surface area contributed by atoms with E-state index in [-0.39, 0.29) is 23.6 Å². The normalized spacial score (nSPS) is 19.7. The smallest absolute Gasteiger partial charge is 0.422 e. The highest BCUT2D eigenvalue weighted by Gasteiger charge is 2.45. The van der Waals surface area contributed by atoms with Gasteiger partial charge in [0.1, 0.15) is 11.4 Å². The molecule has 2 amide bonds. The number of amides is 2. The van der Waals surface area contributed by atoms with Crippen molar-refractivity contribution in [3.63, 3.8) is 0 Å². The zero-order chi connectivity index (χ0) is 21.4. The number of nitrogens with two attached hydrogens (primary N) is 1. The molecule has 0 radical (unpaired) electrons. The number of rotatable bonds is 7. The first-order chi connectivity index (χ1) is 13.4. The molecule has 0 bridgehead atoms. The second kappa shape index (κ2) is 7.50. The fourth-order valence-electron chi connectivity index (χ4n) is 2.95. The molecule has 7 nitrogen and oxygen atoms in total. The second-order valence-electron chi connectivity index (χ2n) is 7.02. The number of hydrogen-bond acceptors (Lipinski definition) is 6. The van der Waals surface area contributed by atoms with Gasteiger partial charge in [-0.05, 0) is 0 Å². The Morgan fingerprint density at radius 1 is 1.31 bits per heavy atom. The summed E-state index contributed by atoms with van der Waals surface area (Å²) < 4.78 is 68.7. The number of halogens is 5. The quantitative estimate of drug-likeness (QED) is 0.625. The molecule has 0 saturated carbocycles. The van der Waals surface area contributed by atoms with E-state index < -0.39 is 49.1 Å². The van der Waals surface area contributed by atoms with Crippen LogP contribution in [0.1, 0.15) is 16.9 Å². The lowest BCUT2D eigenvalue weighted by atomic mass is 9.98. The molecule has 0 aliphatic carbocycles. The Kier molecular flexibility index (Phi) is 5.54. The summed E-state index contributed by atoms with van der Waals surface area (Å²) in [4.78, 5) is 28.7. The number of anilines is 1. The molecule has 2 aliphatic rings. The summed E-state index contributed by atoms with van der Waals surface area (Å²) in [6.07, 6.45) is -3.73. The van der Waals surface area contributed by atoms with Gasteiger partial charge in [-0.15, -0.1) is 0 Å². The zero-order valence-corrected chi connectivity index (χ0v) is 15.7. The highest BCUT2D eigenvalue weighted by atomic mass is 32.2. The van der Waals surface area contributed by atoms with Crippen LogP contribution in [0.5, 0.6) is 5.75 Å². The van der Waals surface area contributed by atoms with Gasteiger partial charge in [0.15, 0.2) is 6.61 Å². The van der Waals surface area contributed by atoms with Crippen LogP contribution in [0, 0.1) is 0 Å². The molecule has 160 valence electrons. The van der Waals surface area contributed by atoms with E-state index in [1.165, 1.54) is 11.8 Å². The van der Waals surface area contributed by atoms with Gasteiger partial charge in [-0.3, -0.25) is 9.59 Å². The Balaban J connectivity index is 1.80. The fraction of sp³-hybridized carbons (Fsp3) is 0.562. The predicted molar refractivity (Wildman–Crippen MR) is 94.3 cm³/mol. The molecule has 3 rings (SSSR count). The van der Waals surface area contributed by atoms with Gasteiger partial charge in [0.2, 0.25) is 5.91 Å². The monoisotopic (exact) mass is 440 g/mol. The molecular weight excluding hydrogens is 423 g/mol. The lowest BCUT2D eigenvalue weighted by Gasteiger charge is -2.41. The average molecular weight is 440 g/mol. The SMILES string of the molecule is NC(=O)CC1(NC(=O)c2cc(OCC(F)(F)F)c(N3CC(F)(F)C3)cn2)CSC1. The number of aromatic nitrogens is 1. The van der Waals surface area contributed by atoms with Crippen LogP contribution in [0.25, 0.3) is 0 Å². The molecule has 1 aromatic heterocycles. The Labute approximate surface area is 166 Å². The second-order valence-corrected chi connectivity index (χ2v) is 8.01. The summed E-state index contributed by atoms with van der Waals surface area (Å²) in [5, 5.41) is 2.63. The fourth-order valence-corrected chi connectivity index (χ4v) is 4.00. The van der Waals surface area contributed by atoms with Crippen molar-refractivity contribution in [3.8, 4) is 5.75 Å². The van der Waals surface area contributed by atoms with Crippen molar-refractivity contribution >= 4 is 29.3 Å². The van der Waals surface area contributed by atoms with Gasteiger partial charge in [0.05, 0.1) is 36.9 Å². The maximum atomic E-state index is 13.1. The van der Waals surface area contributed by atoms with Crippen molar-refractivity contribution in [2.24, 2.45) is 5.73 Å². The summed E-state index contributed by atoms with van der Waals surface area (Å²) >= 11 is 1.48. The standard InChI is InChI=1S/C16H17F5N4O3S/c17-15(18)4-25(5-15)10-3-23-9(1-11(10)28-6-16(19,20)21)13(27)24-14(2-12(22)26)7-29-8-14/h1,3H,2,4-8H2,(H2,22,26)(H,24,27). The third-order valence-electron chi connectivity index (χ3n) is 4.30. The molecule has 0 unspecified atom stereocenters. The van der Waals surface area contributed by atoms with Gasteiger partial charge < -0.3 is 20.7 Å². The number of ether oxygens (including phenoxy) is 1. The van der Waals surface area contributed by atoms with Crippen LogP contribution in [0.2, 0.25) is 0 Å². The summed E-state index contributed by atoms with van der Waals surface area (Å²) in [6.45, 7) is -3.04. The number of nitrogens with zero attached hydrogens (tertiary/aromatic N) is 2. The molecule has 3 N–H and O–H groups in total. The average Bonchev–Trinajstić information content (AvgIpc) is 2.54. The van der Waals surface area contributed by atoms with E-state index in [4.69, 9.17) is 10.5 Å². The van der Waals surface area contributed by atoms with Gasteiger partial charge in [-0.2, -0.15) is 24.9 Å². The number of pyridine rings is 1. The Hall–Kier alpha value is -2.31. The van der Waals surface area contributed by atoms with Gasteiger partial charge in [0.25, 0.3) is 11.8 Å². The summed E-state index contributed by atoms with van der Waals surface area (Å²) in [5.41, 5.74) is 4.02. The van der Waals surface area contributed by atoms with E-state index >= 15 is 0 Å². The highest BCUT2D eigenvalue weighted by Crippen LogP contribution is 2.38. The number of nitrogens with one attached hydrogen (secondary N) is 1. The first kappa shape index (κ1) is 21.4. The third-order valence-corrected chi connectivity index (χ3v) is 5.82. The van der Waals surface area contributed by atoms with Crippen LogP contribution in [0.4, 0.5) is 27.6 Å². The number of primary amides is 1. The molecule has 1 aromatic rings. The number of carbonyl (C=O) groups is 2. The van der Waals surface area contributed by atoms with Crippen LogP contribution in [0.15, 0.2) is 12.3 Å². The largest absolute Gasteiger partial charge is 0.482 e. The minimum absolute atomic E-state index is 0.0669. The van der Waals surface area contributed by atoms with Gasteiger partial charge >= 0.3 is 6.18 Å². The molecule has 3 heterocycles. The van der Waals surface area contributed by atoms with Crippen LogP contribution < -0.4 is 20.7 Å². The maximum absolute atomic E-state index is 13.1. The molecule has 2 saturated heterocycles. The van der Waals surface area contributed by atoms with E-state index in [0.717, 1.165) is 17.2 Å². The van der Waals surface area contributed by atoms with Crippen molar-refractivity contribution in [1.82, 2.24) is 10.3 Å². The molecular formula is C16H17F5N4O3S. The lowest BCUT2D eigenvalue weighted by Crippen LogP contribution is -2.59. The van der Waals surface area contributed by atoms with Crippen molar-refractivity contribution in [2.45, 2.75) is 24.1 Å². The van der Waals surface area contributed by atoms with E-state index in [9.17, 15) is 31.5 Å². The van der Waals surface area contributed by atoms with Crippen molar-refractivity contribution in [1.29, 1.82) is 0 Å². The van der Waals surface area contributed by atoms with Crippen LogP contribution in [-0.4, -0.2) is 65.6 Å². The van der Waals surface area contributed by atoms with Gasteiger partial charge in [-0.25, -0.2) is 13.8 Å². The van der Waals surface area contributed by atoms with Crippen LogP contribution in [-0.2, 0) is 4.79 Å². The van der Waals surface area contributed by atoms with Crippen molar-refractivity contribution < 1.29 is 36.3 Å². The third kappa shape index (κ3) is 5.19. The Bertz CT molecular complexity index is 808. The molecule has 29 heavy (non-hydrogen) atoms. The topological polar surface area (TPSA) is 97.5 Å². The first-order valence-corrected chi connectivity index (χ1v) is 9.55. The minimum Gasteiger partial charge on any atom is -0.482 e. The molecule has 0 aromatic carbocycles. The summed E-state index contributed by atoms with van der Waals surface area (Å²) in [6, 6.07) is 0.969. The Morgan fingerprint density at radius 3 is 2.45 bits per heavy atom. The van der Waals surface area contributed by atoms with E-state index in [0.29, 0.717) is 11.5 Å². The summed E-state index contributed by atoms with van der Waals surface area (Å²) in [7, 11) is 0. The van der Waals surface area contributed by atoms with Gasteiger partial charge in [-0.1, -0.05) is 0 Å². The van der Waals surface area contributed by atoms with Crippen LogP contribution in [0.3, 0.4) is 0 Å². The molecule has 0 spiro atoms. The lowest BCUT2D eigenvalue weighted by molar-refractivity contribution is -0.153.